The van der Waals surface area contributed by atoms with E-state index in [-0.39, 0.29) is 18.0 Å². The Kier molecular flexibility index (Phi) is 5.37. The fourth-order valence-corrected chi connectivity index (χ4v) is 2.08. The average molecular weight is 270 g/mol. The largest absolute Gasteiger partial charge is 0.370 e. The predicted molar refractivity (Wildman–Crippen MR) is 73.0 cm³/mol. The summed E-state index contributed by atoms with van der Waals surface area (Å²) >= 11 is 1.37. The lowest BCUT2D eigenvalue weighted by Crippen LogP contribution is -2.41. The molecule has 0 saturated carbocycles. The lowest BCUT2D eigenvalue weighted by atomic mass is 10.1. The third-order valence-corrected chi connectivity index (χ3v) is 3.06. The van der Waals surface area contributed by atoms with E-state index in [1.54, 1.807) is 7.05 Å². The molecular formula is C10H18N6OS. The van der Waals surface area contributed by atoms with Crippen LogP contribution in [0.4, 0.5) is 9.93 Å². The van der Waals surface area contributed by atoms with Crippen molar-refractivity contribution in [2.24, 2.45) is 16.5 Å². The van der Waals surface area contributed by atoms with Gasteiger partial charge in [-0.3, -0.25) is 0 Å². The Bertz CT molecular complexity index is 426. The number of hydrogen-bond donors (Lipinski definition) is 4. The van der Waals surface area contributed by atoms with Crippen LogP contribution in [0.3, 0.4) is 0 Å². The van der Waals surface area contributed by atoms with Gasteiger partial charge in [0.05, 0.1) is 5.69 Å². The van der Waals surface area contributed by atoms with Gasteiger partial charge in [-0.05, 0) is 6.42 Å². The first-order valence-corrected chi connectivity index (χ1v) is 6.45. The third-order valence-electron chi connectivity index (χ3n) is 2.27. The number of amides is 2. The maximum atomic E-state index is 11.2. The minimum absolute atomic E-state index is 0.00794. The molecule has 1 heterocycles. The molecular weight excluding hydrogens is 252 g/mol. The number of aliphatic imine (C=N–C) groups is 1. The maximum absolute atomic E-state index is 11.2. The van der Waals surface area contributed by atoms with Crippen LogP contribution in [0.1, 0.15) is 19.0 Å². The number of rotatable bonds is 5. The number of hydrogen-bond acceptors (Lipinski definition) is 4. The first-order valence-electron chi connectivity index (χ1n) is 5.57. The zero-order chi connectivity index (χ0) is 13.5. The van der Waals surface area contributed by atoms with E-state index in [0.29, 0.717) is 11.6 Å². The molecule has 0 fully saturated rings. The Morgan fingerprint density at radius 3 is 2.89 bits per heavy atom. The number of thiazole rings is 1. The molecule has 1 unspecified atom stereocenters. The van der Waals surface area contributed by atoms with Crippen LogP contribution >= 0.6 is 11.3 Å². The van der Waals surface area contributed by atoms with Gasteiger partial charge in [-0.1, -0.05) is 6.92 Å². The molecule has 0 radical (unpaired) electrons. The van der Waals surface area contributed by atoms with Gasteiger partial charge in [0.2, 0.25) is 5.13 Å². The fourth-order valence-electron chi connectivity index (χ4n) is 1.36. The molecule has 2 amide bonds. The summed E-state index contributed by atoms with van der Waals surface area (Å²) in [6.45, 7) is 2.00. The number of nitrogens with zero attached hydrogens (tertiary/aromatic N) is 2. The molecule has 0 aliphatic rings. The molecule has 8 heteroatoms. The molecule has 1 atom stereocenters. The van der Waals surface area contributed by atoms with Gasteiger partial charge in [-0.25, -0.2) is 9.78 Å². The van der Waals surface area contributed by atoms with Gasteiger partial charge < -0.3 is 22.1 Å². The fraction of sp³-hybridized carbons (Fsp3) is 0.500. The van der Waals surface area contributed by atoms with Gasteiger partial charge in [0, 0.05) is 24.9 Å². The summed E-state index contributed by atoms with van der Waals surface area (Å²) < 4.78 is 0. The molecule has 18 heavy (non-hydrogen) atoms. The number of urea groups is 1. The van der Waals surface area contributed by atoms with Crippen molar-refractivity contribution in [3.63, 3.8) is 0 Å². The summed E-state index contributed by atoms with van der Waals surface area (Å²) in [5.41, 5.74) is 11.4. The van der Waals surface area contributed by atoms with Crippen molar-refractivity contribution in [3.05, 3.63) is 11.1 Å². The van der Waals surface area contributed by atoms with E-state index in [9.17, 15) is 4.79 Å². The number of guanidine groups is 1. The minimum atomic E-state index is -0.193. The van der Waals surface area contributed by atoms with E-state index in [1.807, 2.05) is 12.3 Å². The van der Waals surface area contributed by atoms with Crippen LogP contribution < -0.4 is 22.1 Å². The van der Waals surface area contributed by atoms with E-state index in [2.05, 4.69) is 20.6 Å². The zero-order valence-corrected chi connectivity index (χ0v) is 11.3. The van der Waals surface area contributed by atoms with Gasteiger partial charge in [0.15, 0.2) is 5.96 Å². The Balaban J connectivity index is 2.62. The lowest BCUT2D eigenvalue weighted by molar-refractivity contribution is 0.238. The molecule has 0 aromatic carbocycles. The Morgan fingerprint density at radius 1 is 1.61 bits per heavy atom. The summed E-state index contributed by atoms with van der Waals surface area (Å²) in [6, 6.07) is -0.152. The highest BCUT2D eigenvalue weighted by Crippen LogP contribution is 2.19. The Morgan fingerprint density at radius 2 is 2.33 bits per heavy atom. The highest BCUT2D eigenvalue weighted by molar-refractivity contribution is 7.13. The molecule has 1 rings (SSSR count). The van der Waals surface area contributed by atoms with E-state index >= 15 is 0 Å². The highest BCUT2D eigenvalue weighted by Gasteiger charge is 2.12. The number of carbonyl (C=O) groups is 1. The van der Waals surface area contributed by atoms with E-state index in [4.69, 9.17) is 11.5 Å². The maximum Gasteiger partial charge on any atom is 0.314 e. The molecule has 0 aliphatic heterocycles. The number of carbonyl (C=O) groups excluding carboxylic acids is 1. The lowest BCUT2D eigenvalue weighted by Gasteiger charge is -2.15. The van der Waals surface area contributed by atoms with E-state index < -0.39 is 0 Å². The molecule has 0 spiro atoms. The van der Waals surface area contributed by atoms with Crippen molar-refractivity contribution in [3.8, 4) is 0 Å². The van der Waals surface area contributed by atoms with Gasteiger partial charge in [0.1, 0.15) is 0 Å². The van der Waals surface area contributed by atoms with Crippen LogP contribution in [0.5, 0.6) is 0 Å². The standard InChI is InChI=1S/C10H18N6OS/c1-3-6(14-9(17)13-2)4-7-5-18-10(15-7)16-8(11)12/h5-6H,3-4H2,1-2H3,(H2,13,14,17)(H4,11,12,15,16). The van der Waals surface area contributed by atoms with Crippen LogP contribution in [-0.2, 0) is 6.42 Å². The third kappa shape index (κ3) is 4.58. The van der Waals surface area contributed by atoms with E-state index in [1.165, 1.54) is 11.3 Å². The van der Waals surface area contributed by atoms with Crippen LogP contribution in [0, 0.1) is 0 Å². The first-order chi connectivity index (χ1) is 8.55. The second kappa shape index (κ2) is 6.80. The summed E-state index contributed by atoms with van der Waals surface area (Å²) in [4.78, 5) is 19.4. The van der Waals surface area contributed by atoms with Crippen LogP contribution in [-0.4, -0.2) is 30.1 Å². The highest BCUT2D eigenvalue weighted by atomic mass is 32.1. The molecule has 0 bridgehead atoms. The summed E-state index contributed by atoms with van der Waals surface area (Å²) in [7, 11) is 1.59. The summed E-state index contributed by atoms with van der Waals surface area (Å²) in [6.07, 6.45) is 1.48. The van der Waals surface area contributed by atoms with Crippen molar-refractivity contribution in [2.75, 3.05) is 7.05 Å². The molecule has 0 aliphatic carbocycles. The van der Waals surface area contributed by atoms with Crippen molar-refractivity contribution >= 4 is 28.5 Å². The Hall–Kier alpha value is -1.83. The average Bonchev–Trinajstić information content (AvgIpc) is 2.74. The number of nitrogens with two attached hydrogens (primary N) is 2. The monoisotopic (exact) mass is 270 g/mol. The normalized spacial score (nSPS) is 11.7. The SMILES string of the molecule is CCC(Cc1csc(N=C(N)N)n1)NC(=O)NC. The predicted octanol–water partition coefficient (Wildman–Crippen LogP) is 0.298. The van der Waals surface area contributed by atoms with Gasteiger partial charge in [-0.15, -0.1) is 11.3 Å². The second-order valence-electron chi connectivity index (χ2n) is 3.69. The molecule has 6 N–H and O–H groups in total. The van der Waals surface area contributed by atoms with Crippen molar-refractivity contribution < 1.29 is 4.79 Å². The number of nitrogens with one attached hydrogen (secondary N) is 2. The van der Waals surface area contributed by atoms with Gasteiger partial charge in [0.25, 0.3) is 0 Å². The van der Waals surface area contributed by atoms with Crippen molar-refractivity contribution in [2.45, 2.75) is 25.8 Å². The van der Waals surface area contributed by atoms with E-state index in [0.717, 1.165) is 12.1 Å². The van der Waals surface area contributed by atoms with Gasteiger partial charge >= 0.3 is 6.03 Å². The summed E-state index contributed by atoms with van der Waals surface area (Å²) in [5, 5.41) is 7.78. The summed E-state index contributed by atoms with van der Waals surface area (Å²) in [5.74, 6) is -0.00794. The van der Waals surface area contributed by atoms with Crippen LogP contribution in [0.15, 0.2) is 10.4 Å². The molecule has 1 aromatic rings. The molecule has 100 valence electrons. The smallest absolute Gasteiger partial charge is 0.314 e. The molecule has 0 saturated heterocycles. The van der Waals surface area contributed by atoms with Crippen LogP contribution in [0.2, 0.25) is 0 Å². The topological polar surface area (TPSA) is 118 Å². The molecule has 1 aromatic heterocycles. The van der Waals surface area contributed by atoms with Crippen molar-refractivity contribution in [1.82, 2.24) is 15.6 Å². The van der Waals surface area contributed by atoms with Gasteiger partial charge in [-0.2, -0.15) is 4.99 Å². The minimum Gasteiger partial charge on any atom is -0.370 e. The quantitative estimate of drug-likeness (QED) is 0.454. The zero-order valence-electron chi connectivity index (χ0n) is 10.4. The second-order valence-corrected chi connectivity index (χ2v) is 4.53. The Labute approximate surface area is 110 Å². The number of aromatic nitrogens is 1. The van der Waals surface area contributed by atoms with Crippen molar-refractivity contribution in [1.29, 1.82) is 0 Å². The first kappa shape index (κ1) is 14.2. The molecule has 7 nitrogen and oxygen atoms in total. The van der Waals surface area contributed by atoms with Crippen LogP contribution in [0.25, 0.3) is 0 Å².